The SMILES string of the molecule is CCCCCCCCCC[NH+]=C(N)N.CCCCCCCCCC[NH+]=C(N)N.O=C([O-])[O-]. The lowest BCUT2D eigenvalue weighted by Crippen LogP contribution is -2.78. The first kappa shape index (κ1) is 34.4. The summed E-state index contributed by atoms with van der Waals surface area (Å²) in [5, 5.41) is 16.7. The van der Waals surface area contributed by atoms with E-state index in [9.17, 15) is 0 Å². The number of unbranched alkanes of at least 4 members (excludes halogenated alkanes) is 14. The van der Waals surface area contributed by atoms with Gasteiger partial charge in [-0.05, 0) is 19.0 Å². The lowest BCUT2D eigenvalue weighted by molar-refractivity contribution is -0.460. The third-order valence-corrected chi connectivity index (χ3v) is 4.72. The van der Waals surface area contributed by atoms with Gasteiger partial charge >= 0.3 is 11.9 Å². The Bertz CT molecular complexity index is 399. The fourth-order valence-electron chi connectivity index (χ4n) is 2.98. The van der Waals surface area contributed by atoms with Gasteiger partial charge in [-0.1, -0.05) is 104 Å². The van der Waals surface area contributed by atoms with Crippen LogP contribution in [0.4, 0.5) is 4.79 Å². The largest absolute Gasteiger partial charge is 0.652 e. The zero-order valence-electron chi connectivity index (χ0n) is 20.8. The molecule has 0 aromatic heterocycles. The van der Waals surface area contributed by atoms with E-state index < -0.39 is 6.16 Å². The van der Waals surface area contributed by atoms with E-state index in [4.69, 9.17) is 37.9 Å². The summed E-state index contributed by atoms with van der Waals surface area (Å²) in [6.07, 6.45) is 19.0. The van der Waals surface area contributed by atoms with Crippen molar-refractivity contribution in [2.75, 3.05) is 13.1 Å². The second-order valence-electron chi connectivity index (χ2n) is 7.96. The predicted molar refractivity (Wildman–Crippen MR) is 129 cm³/mol. The Morgan fingerprint density at radius 1 is 0.531 bits per heavy atom. The highest BCUT2D eigenvalue weighted by atomic mass is 16.6. The monoisotopic (exact) mass is 460 g/mol. The minimum atomic E-state index is -2.33. The molecule has 0 aliphatic carbocycles. The molecule has 0 spiro atoms. The molecule has 10 N–H and O–H groups in total. The van der Waals surface area contributed by atoms with E-state index in [2.05, 4.69) is 23.8 Å². The lowest BCUT2D eigenvalue weighted by atomic mass is 10.1. The van der Waals surface area contributed by atoms with E-state index >= 15 is 0 Å². The number of carbonyl (C=O) groups excluding carboxylic acids is 1. The number of hydrogen-bond donors (Lipinski definition) is 6. The molecule has 0 aliphatic rings. The second-order valence-corrected chi connectivity index (χ2v) is 7.96. The van der Waals surface area contributed by atoms with Gasteiger partial charge in [0.1, 0.15) is 0 Å². The van der Waals surface area contributed by atoms with Crippen LogP contribution in [0.2, 0.25) is 0 Å². The molecule has 0 saturated heterocycles. The maximum Gasteiger partial charge on any atom is 0.338 e. The summed E-state index contributed by atoms with van der Waals surface area (Å²) < 4.78 is 0. The summed E-state index contributed by atoms with van der Waals surface area (Å²) in [5.41, 5.74) is 21.1. The number of nitrogens with one attached hydrogen (secondary N) is 2. The van der Waals surface area contributed by atoms with E-state index in [1.165, 1.54) is 103 Å². The summed E-state index contributed by atoms with van der Waals surface area (Å²) >= 11 is 0. The zero-order valence-corrected chi connectivity index (χ0v) is 20.8. The van der Waals surface area contributed by atoms with Crippen LogP contribution in [0.3, 0.4) is 0 Å². The summed E-state index contributed by atoms with van der Waals surface area (Å²) in [5.74, 6) is 0.681. The molecule has 0 heterocycles. The fourth-order valence-corrected chi connectivity index (χ4v) is 2.98. The molecule has 0 fully saturated rings. The van der Waals surface area contributed by atoms with Crippen molar-refractivity contribution in [1.82, 2.24) is 0 Å². The van der Waals surface area contributed by atoms with Gasteiger partial charge in [-0.15, -0.1) is 0 Å². The molecule has 0 rings (SSSR count). The summed E-state index contributed by atoms with van der Waals surface area (Å²) in [7, 11) is 0. The van der Waals surface area contributed by atoms with Gasteiger partial charge in [0.05, 0.1) is 13.1 Å². The van der Waals surface area contributed by atoms with E-state index in [1.54, 1.807) is 0 Å². The Labute approximate surface area is 196 Å². The van der Waals surface area contributed by atoms with Gasteiger partial charge in [-0.3, -0.25) is 32.9 Å². The topological polar surface area (TPSA) is 195 Å². The second kappa shape index (κ2) is 31.0. The lowest BCUT2D eigenvalue weighted by Gasteiger charge is -1.99. The molecule has 0 amide bonds. The Morgan fingerprint density at radius 3 is 0.969 bits per heavy atom. The third kappa shape index (κ3) is 50.9. The predicted octanol–water partition coefficient (Wildman–Crippen LogP) is -1.48. The third-order valence-electron chi connectivity index (χ3n) is 4.72. The van der Waals surface area contributed by atoms with Crippen molar-refractivity contribution in [3.63, 3.8) is 0 Å². The van der Waals surface area contributed by atoms with Gasteiger partial charge in [0.25, 0.3) is 0 Å². The van der Waals surface area contributed by atoms with Crippen LogP contribution in [0.1, 0.15) is 117 Å². The number of hydrogen-bond acceptors (Lipinski definition) is 3. The minimum absolute atomic E-state index is 0.341. The molecule has 0 radical (unpaired) electrons. The smallest absolute Gasteiger partial charge is 0.338 e. The number of carbonyl (C=O) groups is 1. The highest BCUT2D eigenvalue weighted by Crippen LogP contribution is 2.08. The van der Waals surface area contributed by atoms with Crippen LogP contribution >= 0.6 is 0 Å². The highest BCUT2D eigenvalue weighted by Gasteiger charge is 1.93. The first-order valence-electron chi connectivity index (χ1n) is 12.4. The van der Waals surface area contributed by atoms with E-state index in [1.807, 2.05) is 0 Å². The maximum atomic E-state index is 8.33. The van der Waals surface area contributed by atoms with Gasteiger partial charge in [0, 0.05) is 0 Å². The van der Waals surface area contributed by atoms with Crippen molar-refractivity contribution in [1.29, 1.82) is 0 Å². The van der Waals surface area contributed by atoms with Crippen molar-refractivity contribution in [3.05, 3.63) is 0 Å². The van der Waals surface area contributed by atoms with Crippen molar-refractivity contribution in [3.8, 4) is 0 Å². The molecule has 0 aromatic carbocycles. The first-order chi connectivity index (χ1) is 15.3. The zero-order chi connectivity index (χ0) is 24.9. The van der Waals surface area contributed by atoms with Gasteiger partial charge in [0.2, 0.25) is 0 Å². The van der Waals surface area contributed by atoms with Crippen molar-refractivity contribution in [2.24, 2.45) is 22.9 Å². The van der Waals surface area contributed by atoms with Crippen LogP contribution in [0.25, 0.3) is 0 Å². The molecule has 0 bridgehead atoms. The van der Waals surface area contributed by atoms with Crippen molar-refractivity contribution >= 4 is 18.1 Å². The Hall–Kier alpha value is -2.19. The van der Waals surface area contributed by atoms with Crippen LogP contribution in [-0.4, -0.2) is 31.2 Å². The first-order valence-corrected chi connectivity index (χ1v) is 12.4. The number of nitrogens with two attached hydrogens (primary N) is 4. The Kier molecular flexibility index (Phi) is 33.3. The number of guanidine groups is 2. The van der Waals surface area contributed by atoms with Crippen molar-refractivity contribution in [2.45, 2.75) is 117 Å². The maximum absolute atomic E-state index is 8.33. The van der Waals surface area contributed by atoms with E-state index in [-0.39, 0.29) is 0 Å². The quantitative estimate of drug-likeness (QED) is 0.0814. The van der Waals surface area contributed by atoms with Gasteiger partial charge in [-0.25, -0.2) is 0 Å². The van der Waals surface area contributed by atoms with E-state index in [0.29, 0.717) is 11.9 Å². The average molecular weight is 461 g/mol. The van der Waals surface area contributed by atoms with Crippen LogP contribution in [0.5, 0.6) is 0 Å². The molecule has 0 aromatic rings. The molecule has 0 unspecified atom stereocenters. The molecule has 9 nitrogen and oxygen atoms in total. The molecule has 0 aliphatic heterocycles. The molecular formula is C23H52N6O3. The number of rotatable bonds is 18. The molecule has 9 heteroatoms. The number of carboxylic acid groups (broad SMARTS) is 2. The standard InChI is InChI=1S/2C11H25N3.CH2O3/c2*1-2-3-4-5-6-7-8-9-10-14-11(12)13;2-1(3)4/h2*2-10H2,1H3,(H4,12,13,14);(H2,2,3,4). The van der Waals surface area contributed by atoms with Crippen LogP contribution in [0, 0.1) is 0 Å². The van der Waals surface area contributed by atoms with Crippen LogP contribution in [-0.2, 0) is 0 Å². The summed E-state index contributed by atoms with van der Waals surface area (Å²) in [6, 6.07) is 0. The van der Waals surface area contributed by atoms with E-state index in [0.717, 1.165) is 13.1 Å². The summed E-state index contributed by atoms with van der Waals surface area (Å²) in [6.45, 7) is 6.33. The minimum Gasteiger partial charge on any atom is -0.652 e. The van der Waals surface area contributed by atoms with Crippen LogP contribution in [0.15, 0.2) is 0 Å². The Balaban J connectivity index is -0.000000450. The molecule has 0 atom stereocenters. The fraction of sp³-hybridized carbons (Fsp3) is 0.870. The van der Waals surface area contributed by atoms with Gasteiger partial charge in [0.15, 0.2) is 0 Å². The highest BCUT2D eigenvalue weighted by molar-refractivity contribution is 5.69. The molecule has 32 heavy (non-hydrogen) atoms. The normalized spacial score (nSPS) is 9.56. The molecule has 192 valence electrons. The average Bonchev–Trinajstić information content (AvgIpc) is 2.71. The van der Waals surface area contributed by atoms with Gasteiger partial charge in [-0.2, -0.15) is 0 Å². The summed E-state index contributed by atoms with van der Waals surface area (Å²) in [4.78, 5) is 14.2. The molecular weight excluding hydrogens is 408 g/mol. The van der Waals surface area contributed by atoms with Crippen LogP contribution < -0.4 is 43.1 Å². The van der Waals surface area contributed by atoms with Crippen molar-refractivity contribution < 1.29 is 25.0 Å². The Morgan fingerprint density at radius 2 is 0.750 bits per heavy atom. The van der Waals surface area contributed by atoms with Gasteiger partial charge < -0.3 is 15.0 Å². The molecule has 0 saturated carbocycles.